The maximum Gasteiger partial charge on any atom is 0.407 e. The van der Waals surface area contributed by atoms with Crippen LogP contribution in [0.1, 0.15) is 99.7 Å². The number of carbonyl (C=O) groups excluding carboxylic acids is 4. The Morgan fingerprint density at radius 3 is 1.75 bits per heavy atom. The van der Waals surface area contributed by atoms with Crippen molar-refractivity contribution in [1.82, 2.24) is 44.9 Å². The van der Waals surface area contributed by atoms with Gasteiger partial charge >= 0.3 is 12.2 Å². The zero-order valence-corrected chi connectivity index (χ0v) is 41.3. The van der Waals surface area contributed by atoms with Gasteiger partial charge in [-0.25, -0.2) is 19.6 Å². The lowest BCUT2D eigenvalue weighted by atomic mass is 9.92. The summed E-state index contributed by atoms with van der Waals surface area (Å²) in [4.78, 5) is 73.8. The predicted octanol–water partition coefficient (Wildman–Crippen LogP) is 8.44. The van der Waals surface area contributed by atoms with Crippen molar-refractivity contribution in [2.24, 2.45) is 11.8 Å². The van der Waals surface area contributed by atoms with E-state index in [0.29, 0.717) is 64.0 Å². The number of carbonyl (C=O) groups is 4. The van der Waals surface area contributed by atoms with E-state index in [1.54, 1.807) is 0 Å². The third-order valence-electron chi connectivity index (χ3n) is 15.5. The largest absolute Gasteiger partial charge is 0.465 e. The molecule has 8 heterocycles. The van der Waals surface area contributed by atoms with Crippen molar-refractivity contribution in [1.29, 1.82) is 0 Å². The van der Waals surface area contributed by atoms with Gasteiger partial charge < -0.3 is 58.7 Å². The smallest absolute Gasteiger partial charge is 0.407 e. The fourth-order valence-electron chi connectivity index (χ4n) is 11.7. The number of imidazole rings is 2. The highest BCUT2D eigenvalue weighted by Crippen LogP contribution is 2.46. The van der Waals surface area contributed by atoms with Crippen LogP contribution in [0.4, 0.5) is 9.59 Å². The van der Waals surface area contributed by atoms with Crippen molar-refractivity contribution in [2.75, 3.05) is 53.7 Å². The second kappa shape index (κ2) is 21.1. The Kier molecular flexibility index (Phi) is 13.9. The van der Waals surface area contributed by atoms with Crippen molar-refractivity contribution in [3.05, 3.63) is 102 Å². The number of fused-ring (bicyclic) bond motifs is 5. The number of hydrogen-bond acceptors (Lipinski definition) is 11. The zero-order valence-electron chi connectivity index (χ0n) is 41.3. The maximum atomic E-state index is 14.2. The van der Waals surface area contributed by atoms with Gasteiger partial charge in [-0.2, -0.15) is 0 Å². The Hall–Kier alpha value is -7.18. The quantitative estimate of drug-likeness (QED) is 0.0864. The van der Waals surface area contributed by atoms with E-state index in [-0.39, 0.29) is 35.7 Å². The molecule has 6 aromatic rings. The Labute approximate surface area is 423 Å². The topological polar surface area (TPSA) is 207 Å². The molecular weight excluding hydrogens is 931 g/mol. The minimum absolute atomic E-state index is 0.124. The first kappa shape index (κ1) is 48.1. The SMILES string of the molecule is COC(=O)N[C@@H](CC1CCOCC1)C(=O)N1CCC[C@H]1c1ncc(-c2ccc3c(c2)O[C@@H](c2ccccc2)n2c-3cc3cc(-c4cnc([C@@H]5CCCN5C(=O)[C@H](CC5CCOCC5)NC(=O)OC)[nH]4)ccc32)[nH]1. The van der Waals surface area contributed by atoms with Crippen LogP contribution < -0.4 is 15.4 Å². The summed E-state index contributed by atoms with van der Waals surface area (Å²) in [6.07, 6.45) is 9.54. The normalized spacial score (nSPS) is 21.0. The van der Waals surface area contributed by atoms with Crippen LogP contribution in [-0.4, -0.2) is 124 Å². The van der Waals surface area contributed by atoms with Gasteiger partial charge in [0.05, 0.1) is 61.3 Å². The van der Waals surface area contributed by atoms with Crippen LogP contribution in [0.3, 0.4) is 0 Å². The second-order valence-corrected chi connectivity index (χ2v) is 20.0. The third-order valence-corrected chi connectivity index (χ3v) is 15.5. The Balaban J connectivity index is 0.848. The summed E-state index contributed by atoms with van der Waals surface area (Å²) in [5.41, 5.74) is 7.45. The molecule has 0 unspecified atom stereocenters. The molecule has 3 aromatic heterocycles. The fraction of sp³-hybridized carbons (Fsp3) is 0.455. The van der Waals surface area contributed by atoms with Gasteiger partial charge in [-0.1, -0.05) is 42.5 Å². The summed E-state index contributed by atoms with van der Waals surface area (Å²) in [7, 11) is 2.63. The van der Waals surface area contributed by atoms with E-state index in [4.69, 9.17) is 33.7 Å². The number of aromatic nitrogens is 5. The highest BCUT2D eigenvalue weighted by Gasteiger charge is 2.40. The monoisotopic (exact) mass is 993 g/mol. The number of nitrogens with zero attached hydrogens (tertiary/aromatic N) is 5. The molecule has 18 nitrogen and oxygen atoms in total. The highest BCUT2D eigenvalue weighted by molar-refractivity contribution is 5.93. The van der Waals surface area contributed by atoms with Crippen LogP contribution in [-0.2, 0) is 28.5 Å². The lowest BCUT2D eigenvalue weighted by Crippen LogP contribution is -2.49. The van der Waals surface area contributed by atoms with Crippen molar-refractivity contribution in [3.63, 3.8) is 0 Å². The van der Waals surface area contributed by atoms with Gasteiger partial charge in [-0.05, 0) is 106 Å². The number of hydrogen-bond donors (Lipinski definition) is 4. The fourth-order valence-corrected chi connectivity index (χ4v) is 11.7. The van der Waals surface area contributed by atoms with Crippen molar-refractivity contribution < 1.29 is 42.9 Å². The molecule has 73 heavy (non-hydrogen) atoms. The average molecular weight is 994 g/mol. The molecule has 382 valence electrons. The Morgan fingerprint density at radius 1 is 0.671 bits per heavy atom. The molecule has 4 amide bonds. The van der Waals surface area contributed by atoms with Crippen molar-refractivity contribution in [2.45, 2.75) is 94.6 Å². The standard InChI is InChI=1S/C55H63N9O9/c1-69-54(67)60-40(26-33-16-22-71-23-17-33)51(65)62-20-6-10-45(62)49-56-31-42(58-49)36-13-15-44-38(28-36)29-47-39-14-12-37(30-48(39)73-53(64(44)47)35-8-4-3-5-9-35)43-32-57-50(59-43)46-11-7-21-63(46)52(66)41(61-55(68)70-2)27-34-18-24-72-25-19-34/h3-5,8-9,12-15,28-34,40-41,45-46,53H,6-7,10-11,16-27H2,1-2H3,(H,56,58)(H,57,59)(H,60,67)(H,61,68)/t40-,41-,45-,46-,53-/m0/s1. The molecule has 18 heteroatoms. The van der Waals surface area contributed by atoms with Crippen LogP contribution in [0.15, 0.2) is 85.2 Å². The van der Waals surface area contributed by atoms with E-state index in [2.05, 4.69) is 79.8 Å². The molecule has 0 bridgehead atoms. The molecule has 0 aliphatic carbocycles. The number of alkyl carbamates (subject to hydrolysis) is 2. The number of benzene rings is 3. The molecule has 3 aromatic carbocycles. The first-order valence-corrected chi connectivity index (χ1v) is 25.8. The number of methoxy groups -OCH3 is 2. The highest BCUT2D eigenvalue weighted by atomic mass is 16.5. The van der Waals surface area contributed by atoms with E-state index >= 15 is 0 Å². The van der Waals surface area contributed by atoms with Crippen LogP contribution in [0.2, 0.25) is 0 Å². The average Bonchev–Trinajstić information content (AvgIpc) is 4.30. The molecule has 4 N–H and O–H groups in total. The third kappa shape index (κ3) is 9.89. The molecule has 0 saturated carbocycles. The van der Waals surface area contributed by atoms with E-state index in [1.807, 2.05) is 40.4 Å². The molecular formula is C55H63N9O9. The summed E-state index contributed by atoms with van der Waals surface area (Å²) >= 11 is 0. The van der Waals surface area contributed by atoms with Gasteiger partial charge in [-0.3, -0.25) is 9.59 Å². The second-order valence-electron chi connectivity index (χ2n) is 20.0. The molecule has 11 rings (SSSR count). The van der Waals surface area contributed by atoms with E-state index in [1.165, 1.54) is 14.2 Å². The number of rotatable bonds is 13. The molecule has 4 fully saturated rings. The minimum atomic E-state index is -0.709. The van der Waals surface area contributed by atoms with Crippen LogP contribution in [0.5, 0.6) is 5.75 Å². The van der Waals surface area contributed by atoms with Crippen LogP contribution in [0.25, 0.3) is 44.7 Å². The molecule has 5 atom stereocenters. The van der Waals surface area contributed by atoms with Crippen LogP contribution >= 0.6 is 0 Å². The number of ether oxygens (including phenoxy) is 5. The van der Waals surface area contributed by atoms with Crippen LogP contribution in [0, 0.1) is 11.8 Å². The van der Waals surface area contributed by atoms with E-state index < -0.39 is 30.5 Å². The van der Waals surface area contributed by atoms with E-state index in [0.717, 1.165) is 107 Å². The molecule has 0 spiro atoms. The number of H-pyrrole nitrogens is 2. The summed E-state index contributed by atoms with van der Waals surface area (Å²) < 4.78 is 30.2. The summed E-state index contributed by atoms with van der Waals surface area (Å²) in [6.45, 7) is 3.74. The van der Waals surface area contributed by atoms with Gasteiger partial charge in [0.1, 0.15) is 29.5 Å². The first-order chi connectivity index (χ1) is 35.7. The lowest BCUT2D eigenvalue weighted by molar-refractivity contribution is -0.135. The number of nitrogens with one attached hydrogen (secondary N) is 4. The van der Waals surface area contributed by atoms with Crippen molar-refractivity contribution >= 4 is 34.9 Å². The van der Waals surface area contributed by atoms with Gasteiger partial charge in [-0.15, -0.1) is 0 Å². The predicted molar refractivity (Wildman–Crippen MR) is 270 cm³/mol. The van der Waals surface area contributed by atoms with Gasteiger partial charge in [0.15, 0.2) is 0 Å². The Bertz CT molecular complexity index is 2960. The number of likely N-dealkylation sites (tertiary alicyclic amines) is 2. The molecule has 5 aliphatic heterocycles. The summed E-state index contributed by atoms with van der Waals surface area (Å²) in [5, 5.41) is 6.68. The van der Waals surface area contributed by atoms with Crippen molar-refractivity contribution in [3.8, 4) is 39.5 Å². The first-order valence-electron chi connectivity index (χ1n) is 25.8. The Morgan fingerprint density at radius 2 is 1.21 bits per heavy atom. The molecule has 4 saturated heterocycles. The van der Waals surface area contributed by atoms with Gasteiger partial charge in [0.2, 0.25) is 18.0 Å². The molecule has 5 aliphatic rings. The number of amides is 4. The van der Waals surface area contributed by atoms with Gasteiger partial charge in [0, 0.05) is 67.2 Å². The molecule has 0 radical (unpaired) electrons. The lowest BCUT2D eigenvalue weighted by Gasteiger charge is -2.31. The maximum absolute atomic E-state index is 14.2. The summed E-state index contributed by atoms with van der Waals surface area (Å²) in [6, 6.07) is 23.1. The summed E-state index contributed by atoms with van der Waals surface area (Å²) in [5.74, 6) is 2.41. The zero-order chi connectivity index (χ0) is 50.0. The van der Waals surface area contributed by atoms with E-state index in [9.17, 15) is 19.2 Å². The van der Waals surface area contributed by atoms with Gasteiger partial charge in [0.25, 0.3) is 0 Å². The minimum Gasteiger partial charge on any atom is -0.465 e. The number of aromatic amines is 2.